The quantitative estimate of drug-likeness (QED) is 0.671. The number of hydrogen-bond donors (Lipinski definition) is 2. The van der Waals surface area contributed by atoms with E-state index < -0.39 is 13.0 Å². The second-order valence-electron chi connectivity index (χ2n) is 4.33. The van der Waals surface area contributed by atoms with Crippen LogP contribution in [0.15, 0.2) is 0 Å². The van der Waals surface area contributed by atoms with E-state index in [1.165, 1.54) is 0 Å². The Kier molecular flexibility index (Phi) is 7.07. The molecule has 0 aromatic rings. The smallest absolute Gasteiger partial charge is 0.255 e. The third-order valence-corrected chi connectivity index (χ3v) is 2.87. The van der Waals surface area contributed by atoms with E-state index >= 15 is 0 Å². The monoisotopic (exact) mass is 265 g/mol. The largest absolute Gasteiger partial charge is 0.395 e. The first kappa shape index (κ1) is 15.3. The Hall–Kier alpha value is -0.790. The lowest BCUT2D eigenvalue weighted by Crippen LogP contribution is -2.44. The SMILES string of the molecule is O=C(CN1CCCNCC1)N(CCO)CC(F)F. The highest BCUT2D eigenvalue weighted by Crippen LogP contribution is 2.02. The summed E-state index contributed by atoms with van der Waals surface area (Å²) in [5.74, 6) is -0.341. The molecule has 0 radical (unpaired) electrons. The van der Waals surface area contributed by atoms with Gasteiger partial charge < -0.3 is 15.3 Å². The fourth-order valence-corrected chi connectivity index (χ4v) is 1.96. The third kappa shape index (κ3) is 5.70. The molecule has 0 aromatic heterocycles. The number of rotatable bonds is 6. The lowest BCUT2D eigenvalue weighted by Gasteiger charge is -2.25. The average molecular weight is 265 g/mol. The zero-order valence-electron chi connectivity index (χ0n) is 10.4. The maximum atomic E-state index is 12.3. The van der Waals surface area contributed by atoms with Crippen molar-refractivity contribution < 1.29 is 18.7 Å². The highest BCUT2D eigenvalue weighted by Gasteiger charge is 2.20. The molecule has 1 saturated heterocycles. The molecular weight excluding hydrogens is 244 g/mol. The van der Waals surface area contributed by atoms with Gasteiger partial charge in [-0.3, -0.25) is 9.69 Å². The topological polar surface area (TPSA) is 55.8 Å². The molecular formula is C11H21F2N3O2. The minimum Gasteiger partial charge on any atom is -0.395 e. The summed E-state index contributed by atoms with van der Waals surface area (Å²) in [4.78, 5) is 14.9. The van der Waals surface area contributed by atoms with Gasteiger partial charge in [-0.2, -0.15) is 0 Å². The van der Waals surface area contributed by atoms with Gasteiger partial charge >= 0.3 is 0 Å². The summed E-state index contributed by atoms with van der Waals surface area (Å²) in [5, 5.41) is 12.0. The van der Waals surface area contributed by atoms with Crippen molar-refractivity contribution in [2.75, 3.05) is 52.4 Å². The molecule has 1 fully saturated rings. The Morgan fingerprint density at radius 2 is 2.17 bits per heavy atom. The highest BCUT2D eigenvalue weighted by molar-refractivity contribution is 5.78. The summed E-state index contributed by atoms with van der Waals surface area (Å²) in [5.41, 5.74) is 0. The normalized spacial score (nSPS) is 17.8. The van der Waals surface area contributed by atoms with E-state index in [1.807, 2.05) is 4.90 Å². The van der Waals surface area contributed by atoms with Gasteiger partial charge in [-0.05, 0) is 19.5 Å². The molecule has 1 aliphatic rings. The van der Waals surface area contributed by atoms with Crippen LogP contribution in [-0.2, 0) is 4.79 Å². The predicted octanol–water partition coefficient (Wildman–Crippen LogP) is -0.632. The van der Waals surface area contributed by atoms with Crippen molar-refractivity contribution in [1.29, 1.82) is 0 Å². The van der Waals surface area contributed by atoms with Crippen LogP contribution >= 0.6 is 0 Å². The molecule has 0 unspecified atom stereocenters. The number of alkyl halides is 2. The van der Waals surface area contributed by atoms with Crippen LogP contribution in [0.3, 0.4) is 0 Å². The Balaban J connectivity index is 2.43. The van der Waals surface area contributed by atoms with Crippen LogP contribution in [-0.4, -0.2) is 79.7 Å². The Bertz CT molecular complexity index is 246. The number of halogens is 2. The molecule has 0 bridgehead atoms. The average Bonchev–Trinajstić information content (AvgIpc) is 2.56. The first-order valence-corrected chi connectivity index (χ1v) is 6.23. The van der Waals surface area contributed by atoms with Gasteiger partial charge in [0.15, 0.2) is 0 Å². The fourth-order valence-electron chi connectivity index (χ4n) is 1.96. The minimum atomic E-state index is -2.56. The Morgan fingerprint density at radius 3 is 2.83 bits per heavy atom. The summed E-state index contributed by atoms with van der Waals surface area (Å²) in [7, 11) is 0. The van der Waals surface area contributed by atoms with Crippen LogP contribution in [0.25, 0.3) is 0 Å². The molecule has 7 heteroatoms. The molecule has 2 N–H and O–H groups in total. The van der Waals surface area contributed by atoms with Gasteiger partial charge in [0.2, 0.25) is 5.91 Å². The number of carbonyl (C=O) groups is 1. The molecule has 0 atom stereocenters. The van der Waals surface area contributed by atoms with E-state index in [0.29, 0.717) is 0 Å². The fraction of sp³-hybridized carbons (Fsp3) is 0.909. The molecule has 106 valence electrons. The standard InChI is InChI=1S/C11H21F2N3O2/c12-10(13)8-16(6-7-17)11(18)9-15-4-1-2-14-3-5-15/h10,14,17H,1-9H2. The van der Waals surface area contributed by atoms with Gasteiger partial charge in [-0.15, -0.1) is 0 Å². The van der Waals surface area contributed by atoms with Crippen molar-refractivity contribution in [3.05, 3.63) is 0 Å². The summed E-state index contributed by atoms with van der Waals surface area (Å²) in [6.45, 7) is 2.48. The third-order valence-electron chi connectivity index (χ3n) is 2.87. The van der Waals surface area contributed by atoms with Crippen molar-refractivity contribution in [2.45, 2.75) is 12.8 Å². The second kappa shape index (κ2) is 8.34. The predicted molar refractivity (Wildman–Crippen MR) is 63.6 cm³/mol. The number of aliphatic hydroxyl groups excluding tert-OH is 1. The molecule has 1 amide bonds. The zero-order chi connectivity index (χ0) is 13.4. The van der Waals surface area contributed by atoms with E-state index in [9.17, 15) is 13.6 Å². The van der Waals surface area contributed by atoms with E-state index in [0.717, 1.165) is 37.5 Å². The summed E-state index contributed by atoms with van der Waals surface area (Å²) < 4.78 is 24.6. The van der Waals surface area contributed by atoms with Crippen LogP contribution in [0, 0.1) is 0 Å². The maximum Gasteiger partial charge on any atom is 0.255 e. The molecule has 0 aromatic carbocycles. The number of hydrogen-bond acceptors (Lipinski definition) is 4. The van der Waals surface area contributed by atoms with Crippen molar-refractivity contribution in [3.63, 3.8) is 0 Å². The molecule has 0 spiro atoms. The maximum absolute atomic E-state index is 12.3. The molecule has 5 nitrogen and oxygen atoms in total. The first-order valence-electron chi connectivity index (χ1n) is 6.23. The molecule has 1 aliphatic heterocycles. The summed E-state index contributed by atoms with van der Waals surface area (Å²) in [6, 6.07) is 0. The van der Waals surface area contributed by atoms with Crippen molar-refractivity contribution in [2.24, 2.45) is 0 Å². The molecule has 18 heavy (non-hydrogen) atoms. The second-order valence-corrected chi connectivity index (χ2v) is 4.33. The van der Waals surface area contributed by atoms with Gasteiger partial charge in [-0.1, -0.05) is 0 Å². The van der Waals surface area contributed by atoms with Gasteiger partial charge in [0.05, 0.1) is 19.7 Å². The van der Waals surface area contributed by atoms with E-state index in [1.54, 1.807) is 0 Å². The first-order chi connectivity index (χ1) is 8.63. The van der Waals surface area contributed by atoms with Crippen molar-refractivity contribution >= 4 is 5.91 Å². The number of amides is 1. The Labute approximate surface area is 106 Å². The lowest BCUT2D eigenvalue weighted by molar-refractivity contribution is -0.134. The number of aliphatic hydroxyl groups is 1. The van der Waals surface area contributed by atoms with Gasteiger partial charge in [0.1, 0.15) is 0 Å². The van der Waals surface area contributed by atoms with Crippen LogP contribution < -0.4 is 5.32 Å². The number of nitrogens with one attached hydrogen (secondary N) is 1. The van der Waals surface area contributed by atoms with Crippen molar-refractivity contribution in [1.82, 2.24) is 15.1 Å². The van der Waals surface area contributed by atoms with Crippen molar-refractivity contribution in [3.8, 4) is 0 Å². The zero-order valence-corrected chi connectivity index (χ0v) is 10.4. The highest BCUT2D eigenvalue weighted by atomic mass is 19.3. The summed E-state index contributed by atoms with van der Waals surface area (Å²) in [6.07, 6.45) is -1.62. The van der Waals surface area contributed by atoms with Gasteiger partial charge in [0, 0.05) is 19.6 Å². The van der Waals surface area contributed by atoms with Crippen LogP contribution in [0.5, 0.6) is 0 Å². The lowest BCUT2D eigenvalue weighted by atomic mass is 10.3. The van der Waals surface area contributed by atoms with Gasteiger partial charge in [0.25, 0.3) is 6.43 Å². The minimum absolute atomic E-state index is 0.0325. The molecule has 1 heterocycles. The molecule has 0 saturated carbocycles. The van der Waals surface area contributed by atoms with E-state index in [-0.39, 0.29) is 25.6 Å². The number of nitrogens with zero attached hydrogens (tertiary/aromatic N) is 2. The molecule has 1 rings (SSSR count). The molecule has 0 aliphatic carbocycles. The van der Waals surface area contributed by atoms with Crippen LogP contribution in [0.2, 0.25) is 0 Å². The van der Waals surface area contributed by atoms with E-state index in [4.69, 9.17) is 5.11 Å². The van der Waals surface area contributed by atoms with E-state index in [2.05, 4.69) is 5.32 Å². The van der Waals surface area contributed by atoms with Gasteiger partial charge in [-0.25, -0.2) is 8.78 Å². The Morgan fingerprint density at radius 1 is 1.39 bits per heavy atom. The number of carbonyl (C=O) groups excluding carboxylic acids is 1. The van der Waals surface area contributed by atoms with Crippen LogP contribution in [0.4, 0.5) is 8.78 Å². The summed E-state index contributed by atoms with van der Waals surface area (Å²) >= 11 is 0. The van der Waals surface area contributed by atoms with Crippen LogP contribution in [0.1, 0.15) is 6.42 Å².